The minimum atomic E-state index is 0.973. The molecular formula is C14H21N. The molecule has 0 spiro atoms. The van der Waals surface area contributed by atoms with Gasteiger partial charge in [-0.2, -0.15) is 0 Å². The Morgan fingerprint density at radius 3 is 2.53 bits per heavy atom. The summed E-state index contributed by atoms with van der Waals surface area (Å²) in [6.45, 7) is 5.41. The highest BCUT2D eigenvalue weighted by Gasteiger charge is 1.94. The smallest absolute Gasteiger partial charge is 0.0360 e. The summed E-state index contributed by atoms with van der Waals surface area (Å²) < 4.78 is 0. The number of nitrogens with one attached hydrogen (secondary N) is 1. The van der Waals surface area contributed by atoms with Crippen LogP contribution < -0.4 is 5.32 Å². The van der Waals surface area contributed by atoms with Crippen molar-refractivity contribution in [2.75, 3.05) is 11.9 Å². The number of hydrogen-bond acceptors (Lipinski definition) is 1. The van der Waals surface area contributed by atoms with E-state index in [1.807, 2.05) is 6.07 Å². The van der Waals surface area contributed by atoms with E-state index in [2.05, 4.69) is 49.5 Å². The average Bonchev–Trinajstić information content (AvgIpc) is 2.31. The van der Waals surface area contributed by atoms with Crippen molar-refractivity contribution in [1.82, 2.24) is 0 Å². The lowest BCUT2D eigenvalue weighted by molar-refractivity contribution is 0.923. The highest BCUT2D eigenvalue weighted by atomic mass is 14.9. The molecule has 82 valence electrons. The first-order valence-corrected chi connectivity index (χ1v) is 5.83. The second-order valence-corrected chi connectivity index (χ2v) is 3.72. The molecule has 0 unspecified atom stereocenters. The Morgan fingerprint density at radius 2 is 1.93 bits per heavy atom. The maximum atomic E-state index is 3.44. The Labute approximate surface area is 93.2 Å². The van der Waals surface area contributed by atoms with Crippen molar-refractivity contribution in [3.8, 4) is 0 Å². The van der Waals surface area contributed by atoms with Crippen LogP contribution in [0.3, 0.4) is 0 Å². The van der Waals surface area contributed by atoms with Crippen molar-refractivity contribution in [3.63, 3.8) is 0 Å². The first kappa shape index (κ1) is 11.8. The molecule has 0 amide bonds. The van der Waals surface area contributed by atoms with Crippen LogP contribution in [0.15, 0.2) is 42.0 Å². The van der Waals surface area contributed by atoms with Crippen LogP contribution in [0.4, 0.5) is 5.69 Å². The van der Waals surface area contributed by atoms with E-state index in [0.29, 0.717) is 0 Å². The third kappa shape index (κ3) is 4.68. The van der Waals surface area contributed by atoms with Gasteiger partial charge in [0.2, 0.25) is 0 Å². The summed E-state index contributed by atoms with van der Waals surface area (Å²) >= 11 is 0. The molecule has 0 aromatic heterocycles. The van der Waals surface area contributed by atoms with E-state index < -0.39 is 0 Å². The number of allylic oxidation sites excluding steroid dienone is 1. The summed E-state index contributed by atoms with van der Waals surface area (Å²) in [6, 6.07) is 10.4. The molecule has 1 rings (SSSR count). The van der Waals surface area contributed by atoms with Gasteiger partial charge < -0.3 is 5.32 Å². The van der Waals surface area contributed by atoms with Crippen molar-refractivity contribution in [1.29, 1.82) is 0 Å². The second-order valence-electron chi connectivity index (χ2n) is 3.72. The fourth-order valence-corrected chi connectivity index (χ4v) is 1.46. The van der Waals surface area contributed by atoms with E-state index in [1.165, 1.54) is 24.1 Å². The number of para-hydroxylation sites is 1. The number of benzene rings is 1. The molecular weight excluding hydrogens is 182 g/mol. The van der Waals surface area contributed by atoms with Crippen LogP contribution in [0, 0.1) is 0 Å². The van der Waals surface area contributed by atoms with E-state index in [-0.39, 0.29) is 0 Å². The van der Waals surface area contributed by atoms with Gasteiger partial charge in [-0.25, -0.2) is 0 Å². The van der Waals surface area contributed by atoms with Crippen LogP contribution in [0.5, 0.6) is 0 Å². The lowest BCUT2D eigenvalue weighted by atomic mass is 10.1. The van der Waals surface area contributed by atoms with Crippen LogP contribution in [0.2, 0.25) is 0 Å². The first-order valence-electron chi connectivity index (χ1n) is 5.83. The van der Waals surface area contributed by atoms with Gasteiger partial charge in [-0.05, 0) is 25.0 Å². The largest absolute Gasteiger partial charge is 0.381 e. The molecule has 1 heteroatoms. The van der Waals surface area contributed by atoms with Crippen molar-refractivity contribution < 1.29 is 0 Å². The second kappa shape index (κ2) is 7.10. The summed E-state index contributed by atoms with van der Waals surface area (Å²) in [5.41, 5.74) is 2.70. The number of rotatable bonds is 6. The van der Waals surface area contributed by atoms with Crippen LogP contribution in [0.1, 0.15) is 33.1 Å². The van der Waals surface area contributed by atoms with Gasteiger partial charge in [-0.15, -0.1) is 0 Å². The Hall–Kier alpha value is -1.24. The minimum Gasteiger partial charge on any atom is -0.381 e. The van der Waals surface area contributed by atoms with Crippen molar-refractivity contribution in [2.24, 2.45) is 0 Å². The topological polar surface area (TPSA) is 12.0 Å². The predicted octanol–water partition coefficient (Wildman–Crippen LogP) is 4.24. The van der Waals surface area contributed by atoms with Crippen LogP contribution in [0.25, 0.3) is 0 Å². The summed E-state index contributed by atoms with van der Waals surface area (Å²) in [6.07, 6.45) is 5.92. The third-order valence-corrected chi connectivity index (χ3v) is 2.47. The zero-order chi connectivity index (χ0) is 10.9. The Bertz CT molecular complexity index is 287. The van der Waals surface area contributed by atoms with Crippen LogP contribution in [-0.2, 0) is 0 Å². The van der Waals surface area contributed by atoms with Gasteiger partial charge in [-0.1, -0.05) is 50.1 Å². The zero-order valence-corrected chi connectivity index (χ0v) is 9.79. The molecule has 0 atom stereocenters. The minimum absolute atomic E-state index is 0.973. The number of hydrogen-bond donors (Lipinski definition) is 1. The van der Waals surface area contributed by atoms with E-state index in [1.54, 1.807) is 0 Å². The lowest BCUT2D eigenvalue weighted by Crippen LogP contribution is -2.04. The first-order chi connectivity index (χ1) is 7.36. The molecule has 1 aromatic carbocycles. The summed E-state index contributed by atoms with van der Waals surface area (Å²) in [4.78, 5) is 0. The fraction of sp³-hybridized carbons (Fsp3) is 0.429. The normalized spacial score (nSPS) is 11.5. The summed E-state index contributed by atoms with van der Waals surface area (Å²) in [5.74, 6) is 0. The third-order valence-electron chi connectivity index (χ3n) is 2.47. The van der Waals surface area contributed by atoms with E-state index in [9.17, 15) is 0 Å². The van der Waals surface area contributed by atoms with Gasteiger partial charge in [-0.3, -0.25) is 0 Å². The van der Waals surface area contributed by atoms with Gasteiger partial charge in [0.25, 0.3) is 0 Å². The van der Waals surface area contributed by atoms with Gasteiger partial charge in [0.1, 0.15) is 0 Å². The van der Waals surface area contributed by atoms with Crippen molar-refractivity contribution >= 4 is 5.69 Å². The predicted molar refractivity (Wildman–Crippen MR) is 68.2 cm³/mol. The highest BCUT2D eigenvalue weighted by molar-refractivity contribution is 5.43. The number of unbranched alkanes of at least 4 members (excludes halogenated alkanes) is 1. The Morgan fingerprint density at radius 1 is 1.20 bits per heavy atom. The number of anilines is 1. The Balaban J connectivity index is 2.41. The van der Waals surface area contributed by atoms with Gasteiger partial charge in [0.05, 0.1) is 0 Å². The summed E-state index contributed by atoms with van der Waals surface area (Å²) in [7, 11) is 0. The molecule has 0 aliphatic heterocycles. The molecule has 0 fully saturated rings. The summed E-state index contributed by atoms with van der Waals surface area (Å²) in [5, 5.41) is 3.44. The van der Waals surface area contributed by atoms with Crippen molar-refractivity contribution in [2.45, 2.75) is 33.1 Å². The van der Waals surface area contributed by atoms with Crippen molar-refractivity contribution in [3.05, 3.63) is 42.0 Å². The quantitative estimate of drug-likeness (QED) is 0.682. The maximum absolute atomic E-state index is 3.44. The molecule has 0 saturated carbocycles. The molecule has 0 radical (unpaired) electrons. The van der Waals surface area contributed by atoms with Gasteiger partial charge in [0, 0.05) is 12.2 Å². The highest BCUT2D eigenvalue weighted by Crippen LogP contribution is 2.09. The Kier molecular flexibility index (Phi) is 5.60. The van der Waals surface area contributed by atoms with Crippen LogP contribution >= 0.6 is 0 Å². The van der Waals surface area contributed by atoms with E-state index in [4.69, 9.17) is 0 Å². The monoisotopic (exact) mass is 203 g/mol. The maximum Gasteiger partial charge on any atom is 0.0360 e. The van der Waals surface area contributed by atoms with E-state index in [0.717, 1.165) is 13.0 Å². The fourth-order valence-electron chi connectivity index (χ4n) is 1.46. The molecule has 1 nitrogen and oxygen atoms in total. The van der Waals surface area contributed by atoms with Gasteiger partial charge >= 0.3 is 0 Å². The van der Waals surface area contributed by atoms with E-state index >= 15 is 0 Å². The molecule has 1 N–H and O–H groups in total. The van der Waals surface area contributed by atoms with Crippen LogP contribution in [-0.4, -0.2) is 6.54 Å². The zero-order valence-electron chi connectivity index (χ0n) is 9.79. The molecule has 0 aliphatic rings. The lowest BCUT2D eigenvalue weighted by Gasteiger charge is -2.08. The molecule has 0 heterocycles. The standard InChI is InChI=1S/C14H21N/c1-3-5-9-13(4-2)12-15-14-10-7-6-8-11-14/h6-11,15H,3-5,12H2,1-2H3/b13-9+. The van der Waals surface area contributed by atoms with Gasteiger partial charge in [0.15, 0.2) is 0 Å². The molecule has 1 aromatic rings. The molecule has 0 aliphatic carbocycles. The SMILES string of the molecule is CCC/C=C(\CC)CNc1ccccc1. The molecule has 0 saturated heterocycles. The average molecular weight is 203 g/mol. The molecule has 0 bridgehead atoms. The molecule has 15 heavy (non-hydrogen) atoms.